The first-order valence-corrected chi connectivity index (χ1v) is 8.50. The maximum atomic E-state index is 13.1. The van der Waals surface area contributed by atoms with Crippen LogP contribution in [0.4, 0.5) is 0 Å². The van der Waals surface area contributed by atoms with Crippen LogP contribution in [0.2, 0.25) is 0 Å². The van der Waals surface area contributed by atoms with Crippen LogP contribution in [0, 0.1) is 11.3 Å². The van der Waals surface area contributed by atoms with Crippen LogP contribution in [0.5, 0.6) is 0 Å². The highest BCUT2D eigenvalue weighted by molar-refractivity contribution is 6.04. The topological polar surface area (TPSA) is 107 Å². The predicted octanol–water partition coefficient (Wildman–Crippen LogP) is 2.57. The molecule has 4 N–H and O–H groups in total. The normalized spacial score (nSPS) is 16.5. The first-order chi connectivity index (χ1) is 12.5. The molecule has 0 bridgehead atoms. The lowest BCUT2D eigenvalue weighted by Gasteiger charge is -2.19. The predicted molar refractivity (Wildman–Crippen MR) is 99.2 cm³/mol. The summed E-state index contributed by atoms with van der Waals surface area (Å²) in [4.78, 5) is 25.7. The summed E-state index contributed by atoms with van der Waals surface area (Å²) in [5.74, 6) is -1.11. The number of hydrogen-bond acceptors (Lipinski definition) is 3. The van der Waals surface area contributed by atoms with Crippen LogP contribution in [0.25, 0.3) is 11.1 Å². The van der Waals surface area contributed by atoms with Crippen molar-refractivity contribution < 1.29 is 14.7 Å². The van der Waals surface area contributed by atoms with Crippen LogP contribution in [-0.2, 0) is 4.79 Å². The van der Waals surface area contributed by atoms with Gasteiger partial charge in [-0.15, -0.1) is 0 Å². The van der Waals surface area contributed by atoms with Crippen LogP contribution >= 0.6 is 0 Å². The van der Waals surface area contributed by atoms with Crippen LogP contribution in [0.3, 0.4) is 0 Å². The van der Waals surface area contributed by atoms with E-state index in [9.17, 15) is 9.59 Å². The molecule has 0 aromatic heterocycles. The van der Waals surface area contributed by atoms with Crippen molar-refractivity contribution >= 4 is 17.7 Å². The maximum absolute atomic E-state index is 13.1. The van der Waals surface area contributed by atoms with Crippen molar-refractivity contribution in [3.8, 4) is 11.1 Å². The molecule has 26 heavy (non-hydrogen) atoms. The second-order valence-corrected chi connectivity index (χ2v) is 6.54. The molecule has 0 radical (unpaired) electrons. The second kappa shape index (κ2) is 7.39. The second-order valence-electron chi connectivity index (χ2n) is 6.54. The lowest BCUT2D eigenvalue weighted by atomic mass is 9.96. The third kappa shape index (κ3) is 3.74. The van der Waals surface area contributed by atoms with E-state index >= 15 is 0 Å². The molecule has 0 saturated carbocycles. The number of rotatable bonds is 5. The van der Waals surface area contributed by atoms with E-state index in [0.717, 1.165) is 11.1 Å². The van der Waals surface area contributed by atoms with Crippen LogP contribution < -0.4 is 5.73 Å². The summed E-state index contributed by atoms with van der Waals surface area (Å²) in [6, 6.07) is 14.8. The summed E-state index contributed by atoms with van der Waals surface area (Å²) < 4.78 is 0. The van der Waals surface area contributed by atoms with Crippen molar-refractivity contribution in [3.63, 3.8) is 0 Å². The SMILES string of the molecule is N=C(N)c1ccc(-c2ccccc2)c(C(=O)N2CCC(CC(=O)O)C2)c1. The quantitative estimate of drug-likeness (QED) is 0.568. The summed E-state index contributed by atoms with van der Waals surface area (Å²) in [5.41, 5.74) is 8.27. The molecule has 1 amide bonds. The molecule has 6 nitrogen and oxygen atoms in total. The van der Waals surface area contributed by atoms with Gasteiger partial charge in [0.2, 0.25) is 0 Å². The van der Waals surface area contributed by atoms with E-state index in [1.165, 1.54) is 0 Å². The van der Waals surface area contributed by atoms with Crippen LogP contribution in [0.1, 0.15) is 28.8 Å². The number of aliphatic carboxylic acids is 1. The first-order valence-electron chi connectivity index (χ1n) is 8.50. The number of amides is 1. The molecule has 0 spiro atoms. The van der Waals surface area contributed by atoms with Crippen molar-refractivity contribution in [1.82, 2.24) is 4.90 Å². The lowest BCUT2D eigenvalue weighted by Crippen LogP contribution is -2.29. The smallest absolute Gasteiger partial charge is 0.303 e. The summed E-state index contributed by atoms with van der Waals surface area (Å²) in [5, 5.41) is 16.6. The van der Waals surface area contributed by atoms with Gasteiger partial charge in [0.05, 0.1) is 0 Å². The van der Waals surface area contributed by atoms with Crippen LogP contribution in [0.15, 0.2) is 48.5 Å². The van der Waals surface area contributed by atoms with Gasteiger partial charge in [-0.3, -0.25) is 15.0 Å². The lowest BCUT2D eigenvalue weighted by molar-refractivity contribution is -0.138. The number of nitrogen functional groups attached to an aromatic ring is 1. The molecule has 3 rings (SSSR count). The molecular weight excluding hydrogens is 330 g/mol. The van der Waals surface area contributed by atoms with E-state index in [4.69, 9.17) is 16.2 Å². The fourth-order valence-electron chi connectivity index (χ4n) is 3.36. The van der Waals surface area contributed by atoms with Gasteiger partial charge in [-0.1, -0.05) is 42.5 Å². The van der Waals surface area contributed by atoms with E-state index in [2.05, 4.69) is 0 Å². The van der Waals surface area contributed by atoms with Gasteiger partial charge in [0.1, 0.15) is 5.84 Å². The van der Waals surface area contributed by atoms with Crippen LogP contribution in [-0.4, -0.2) is 40.8 Å². The Kier molecular flexibility index (Phi) is 5.02. The van der Waals surface area contributed by atoms with Gasteiger partial charge in [0.15, 0.2) is 0 Å². The molecule has 2 aromatic carbocycles. The molecule has 1 atom stereocenters. The Hall–Kier alpha value is -3.15. The van der Waals surface area contributed by atoms with Gasteiger partial charge < -0.3 is 15.7 Å². The number of nitrogens with two attached hydrogens (primary N) is 1. The number of carboxylic acids is 1. The highest BCUT2D eigenvalue weighted by Crippen LogP contribution is 2.28. The van der Waals surface area contributed by atoms with Gasteiger partial charge in [0.25, 0.3) is 5.91 Å². The van der Waals surface area contributed by atoms with E-state index in [-0.39, 0.29) is 24.1 Å². The van der Waals surface area contributed by atoms with E-state index < -0.39 is 5.97 Å². The number of nitrogens with zero attached hydrogens (tertiary/aromatic N) is 1. The summed E-state index contributed by atoms with van der Waals surface area (Å²) in [7, 11) is 0. The van der Waals surface area contributed by atoms with E-state index in [0.29, 0.717) is 30.6 Å². The highest BCUT2D eigenvalue weighted by Gasteiger charge is 2.29. The Balaban J connectivity index is 1.94. The Morgan fingerprint density at radius 2 is 1.92 bits per heavy atom. The molecular formula is C20H21N3O3. The number of hydrogen-bond donors (Lipinski definition) is 3. The van der Waals surface area contributed by atoms with Gasteiger partial charge in [-0.2, -0.15) is 0 Å². The minimum Gasteiger partial charge on any atom is -0.481 e. The largest absolute Gasteiger partial charge is 0.481 e. The third-order valence-corrected chi connectivity index (χ3v) is 4.68. The average molecular weight is 351 g/mol. The number of carboxylic acid groups (broad SMARTS) is 1. The Labute approximate surface area is 151 Å². The molecule has 1 saturated heterocycles. The number of amidine groups is 1. The summed E-state index contributed by atoms with van der Waals surface area (Å²) in [6.45, 7) is 0.971. The van der Waals surface area contributed by atoms with E-state index in [1.54, 1.807) is 17.0 Å². The Bertz CT molecular complexity index is 849. The monoisotopic (exact) mass is 351 g/mol. The standard InChI is InChI=1S/C20H21N3O3/c21-19(22)15-6-7-16(14-4-2-1-3-5-14)17(11-15)20(26)23-9-8-13(12-23)10-18(24)25/h1-7,11,13H,8-10,12H2,(H3,21,22)(H,24,25). The van der Waals surface area contributed by atoms with Gasteiger partial charge in [-0.05, 0) is 29.5 Å². The fourth-order valence-corrected chi connectivity index (χ4v) is 3.36. The Morgan fingerprint density at radius 3 is 2.58 bits per heavy atom. The fraction of sp³-hybridized carbons (Fsp3) is 0.250. The maximum Gasteiger partial charge on any atom is 0.303 e. The third-order valence-electron chi connectivity index (χ3n) is 4.68. The zero-order valence-electron chi connectivity index (χ0n) is 14.3. The zero-order chi connectivity index (χ0) is 18.7. The van der Waals surface area contributed by atoms with E-state index in [1.807, 2.05) is 36.4 Å². The molecule has 1 aliphatic heterocycles. The van der Waals surface area contributed by atoms with Crippen molar-refractivity contribution in [1.29, 1.82) is 5.41 Å². The number of likely N-dealkylation sites (tertiary alicyclic amines) is 1. The molecule has 134 valence electrons. The van der Waals surface area contributed by atoms with Gasteiger partial charge in [-0.25, -0.2) is 0 Å². The number of benzene rings is 2. The van der Waals surface area contributed by atoms with Gasteiger partial charge >= 0.3 is 5.97 Å². The highest BCUT2D eigenvalue weighted by atomic mass is 16.4. The van der Waals surface area contributed by atoms with Crippen molar-refractivity contribution in [2.24, 2.45) is 11.7 Å². The van der Waals surface area contributed by atoms with Gasteiger partial charge in [0, 0.05) is 30.6 Å². The summed E-state index contributed by atoms with van der Waals surface area (Å²) in [6.07, 6.45) is 0.758. The molecule has 1 heterocycles. The number of nitrogens with one attached hydrogen (secondary N) is 1. The molecule has 1 aliphatic rings. The van der Waals surface area contributed by atoms with Crippen molar-refractivity contribution in [2.45, 2.75) is 12.8 Å². The minimum atomic E-state index is -0.840. The molecule has 2 aromatic rings. The number of carbonyl (C=O) groups excluding carboxylic acids is 1. The molecule has 0 aliphatic carbocycles. The van der Waals surface area contributed by atoms with Crippen molar-refractivity contribution in [2.75, 3.05) is 13.1 Å². The minimum absolute atomic E-state index is 0.0207. The van der Waals surface area contributed by atoms with Crippen molar-refractivity contribution in [3.05, 3.63) is 59.7 Å². The summed E-state index contributed by atoms with van der Waals surface area (Å²) >= 11 is 0. The zero-order valence-corrected chi connectivity index (χ0v) is 14.3. The molecule has 6 heteroatoms. The number of carbonyl (C=O) groups is 2. The molecule has 1 unspecified atom stereocenters. The molecule has 1 fully saturated rings. The first kappa shape index (κ1) is 17.7. The Morgan fingerprint density at radius 1 is 1.19 bits per heavy atom. The average Bonchev–Trinajstić information content (AvgIpc) is 3.09.